The zero-order valence-electron chi connectivity index (χ0n) is 11.1. The third-order valence-electron chi connectivity index (χ3n) is 2.64. The van der Waals surface area contributed by atoms with Crippen LogP contribution in [-0.4, -0.2) is 34.5 Å². The van der Waals surface area contributed by atoms with E-state index in [4.69, 9.17) is 0 Å². The van der Waals surface area contributed by atoms with Gasteiger partial charge in [0, 0.05) is 13.7 Å². The number of alkyl halides is 2. The number of hydrogen-bond donors (Lipinski definition) is 0. The molecule has 0 bridgehead atoms. The lowest BCUT2D eigenvalue weighted by Gasteiger charge is -2.18. The van der Waals surface area contributed by atoms with E-state index in [2.05, 4.69) is 14.7 Å². The fourth-order valence-corrected chi connectivity index (χ4v) is 3.21. The van der Waals surface area contributed by atoms with Crippen molar-refractivity contribution in [3.63, 3.8) is 0 Å². The van der Waals surface area contributed by atoms with E-state index in [0.717, 1.165) is 15.9 Å². The van der Waals surface area contributed by atoms with Crippen molar-refractivity contribution < 1.29 is 13.5 Å². The molecule has 0 fully saturated rings. The average molecular weight is 321 g/mol. The highest BCUT2D eigenvalue weighted by Gasteiger charge is 2.37. The van der Waals surface area contributed by atoms with Gasteiger partial charge in [-0.2, -0.15) is 8.78 Å². The van der Waals surface area contributed by atoms with Gasteiger partial charge in [0.2, 0.25) is 0 Å². The number of ether oxygens (including phenoxy) is 1. The van der Waals surface area contributed by atoms with E-state index in [1.807, 2.05) is 0 Å². The molecule has 2 aromatic heterocycles. The minimum atomic E-state index is -3.32. The molecule has 5 nitrogen and oxygen atoms in total. The van der Waals surface area contributed by atoms with Crippen LogP contribution in [0.3, 0.4) is 0 Å². The Morgan fingerprint density at radius 2 is 2.15 bits per heavy atom. The molecule has 0 unspecified atom stereocenters. The van der Waals surface area contributed by atoms with Crippen molar-refractivity contribution in [3.05, 3.63) is 16.2 Å². The van der Waals surface area contributed by atoms with Crippen molar-refractivity contribution in [2.75, 3.05) is 20.0 Å². The molecule has 2 aromatic rings. The van der Waals surface area contributed by atoms with Gasteiger partial charge in [-0.1, -0.05) is 23.1 Å². The Hall–Kier alpha value is -1.06. The zero-order chi connectivity index (χ0) is 14.9. The summed E-state index contributed by atoms with van der Waals surface area (Å²) in [6.07, 6.45) is 1.80. The van der Waals surface area contributed by atoms with E-state index < -0.39 is 23.9 Å². The number of nitrogens with zero attached hydrogens (tertiary/aromatic N) is 3. The largest absolute Gasteiger partial charge is 0.378 e. The first-order chi connectivity index (χ1) is 9.44. The second-order valence-electron chi connectivity index (χ2n) is 3.96. The first-order valence-electron chi connectivity index (χ1n) is 5.77. The number of methoxy groups -OCH3 is 1. The summed E-state index contributed by atoms with van der Waals surface area (Å²) in [5, 5.41) is 0. The summed E-state index contributed by atoms with van der Waals surface area (Å²) in [6.45, 7) is 0.894. The first-order valence-corrected chi connectivity index (χ1v) is 7.81. The SMILES string of the molecule is CCn1c(C(F)(F)COC)nc2sc(SC)nc2c1=O. The molecular formula is C11H13F2N3O2S2. The van der Waals surface area contributed by atoms with Crippen LogP contribution in [0.1, 0.15) is 12.7 Å². The van der Waals surface area contributed by atoms with Crippen LogP contribution in [0.2, 0.25) is 0 Å². The number of rotatable bonds is 5. The fraction of sp³-hybridized carbons (Fsp3) is 0.545. The van der Waals surface area contributed by atoms with Crippen LogP contribution in [0.4, 0.5) is 8.78 Å². The Labute approximate surface area is 122 Å². The smallest absolute Gasteiger partial charge is 0.327 e. The number of aromatic nitrogens is 3. The van der Waals surface area contributed by atoms with Crippen molar-refractivity contribution >= 4 is 33.4 Å². The lowest BCUT2D eigenvalue weighted by atomic mass is 10.3. The molecule has 0 saturated heterocycles. The molecule has 0 aromatic carbocycles. The molecular weight excluding hydrogens is 308 g/mol. The molecule has 0 aliphatic carbocycles. The molecule has 0 atom stereocenters. The third kappa shape index (κ3) is 2.57. The Morgan fingerprint density at radius 1 is 1.45 bits per heavy atom. The molecule has 0 amide bonds. The van der Waals surface area contributed by atoms with Gasteiger partial charge in [-0.3, -0.25) is 9.36 Å². The average Bonchev–Trinajstić information content (AvgIpc) is 2.82. The monoisotopic (exact) mass is 321 g/mol. The number of thioether (sulfide) groups is 1. The summed E-state index contributed by atoms with van der Waals surface area (Å²) < 4.78 is 34.2. The number of hydrogen-bond acceptors (Lipinski definition) is 6. The molecule has 2 heterocycles. The Balaban J connectivity index is 2.74. The van der Waals surface area contributed by atoms with Gasteiger partial charge in [0.15, 0.2) is 20.5 Å². The van der Waals surface area contributed by atoms with Crippen molar-refractivity contribution in [1.82, 2.24) is 14.5 Å². The normalized spacial score (nSPS) is 12.2. The maximum Gasteiger partial charge on any atom is 0.327 e. The van der Waals surface area contributed by atoms with Crippen LogP contribution in [0.25, 0.3) is 10.3 Å². The summed E-state index contributed by atoms with van der Waals surface area (Å²) >= 11 is 2.48. The minimum absolute atomic E-state index is 0.0997. The highest BCUT2D eigenvalue weighted by molar-refractivity contribution is 8.00. The van der Waals surface area contributed by atoms with Gasteiger partial charge >= 0.3 is 5.92 Å². The molecule has 0 aliphatic heterocycles. The second-order valence-corrected chi connectivity index (χ2v) is 5.99. The lowest BCUT2D eigenvalue weighted by molar-refractivity contribution is -0.0795. The summed E-state index contributed by atoms with van der Waals surface area (Å²) in [5.41, 5.74) is -0.405. The van der Waals surface area contributed by atoms with E-state index in [1.54, 1.807) is 13.2 Å². The summed E-state index contributed by atoms with van der Waals surface area (Å²) in [4.78, 5) is 20.5. The zero-order valence-corrected chi connectivity index (χ0v) is 12.8. The van der Waals surface area contributed by atoms with E-state index in [1.165, 1.54) is 18.9 Å². The predicted molar refractivity (Wildman–Crippen MR) is 74.9 cm³/mol. The Kier molecular flexibility index (Phi) is 4.40. The van der Waals surface area contributed by atoms with E-state index >= 15 is 0 Å². The van der Waals surface area contributed by atoms with Crippen molar-refractivity contribution in [1.29, 1.82) is 0 Å². The topological polar surface area (TPSA) is 57.0 Å². The van der Waals surface area contributed by atoms with Crippen molar-refractivity contribution in [2.24, 2.45) is 0 Å². The van der Waals surface area contributed by atoms with Crippen LogP contribution < -0.4 is 5.56 Å². The first kappa shape index (κ1) is 15.3. The Bertz CT molecular complexity index is 684. The van der Waals surface area contributed by atoms with Gasteiger partial charge in [-0.25, -0.2) is 9.97 Å². The van der Waals surface area contributed by atoms with Crippen LogP contribution >= 0.6 is 23.1 Å². The quantitative estimate of drug-likeness (QED) is 0.791. The van der Waals surface area contributed by atoms with E-state index in [0.29, 0.717) is 4.34 Å². The minimum Gasteiger partial charge on any atom is -0.378 e. The summed E-state index contributed by atoms with van der Waals surface area (Å²) in [5.74, 6) is -3.89. The summed E-state index contributed by atoms with van der Waals surface area (Å²) in [6, 6.07) is 0. The Morgan fingerprint density at radius 3 is 2.70 bits per heavy atom. The molecule has 0 radical (unpaired) electrons. The molecule has 2 rings (SSSR count). The molecule has 9 heteroatoms. The van der Waals surface area contributed by atoms with Gasteiger partial charge in [0.05, 0.1) is 0 Å². The third-order valence-corrected chi connectivity index (χ3v) is 4.58. The predicted octanol–water partition coefficient (Wildman–Crippen LogP) is 2.33. The summed E-state index contributed by atoms with van der Waals surface area (Å²) in [7, 11) is 1.18. The van der Waals surface area contributed by atoms with Crippen LogP contribution in [0.15, 0.2) is 9.13 Å². The van der Waals surface area contributed by atoms with E-state index in [9.17, 15) is 13.6 Å². The molecule has 0 saturated carbocycles. The van der Waals surface area contributed by atoms with Crippen molar-refractivity contribution in [3.8, 4) is 0 Å². The number of thiazole rings is 1. The van der Waals surface area contributed by atoms with Gasteiger partial charge in [0.1, 0.15) is 6.61 Å². The lowest BCUT2D eigenvalue weighted by Crippen LogP contribution is -2.33. The van der Waals surface area contributed by atoms with Crippen LogP contribution in [0.5, 0.6) is 0 Å². The second kappa shape index (κ2) is 5.74. The molecule has 0 N–H and O–H groups in total. The standard InChI is InChI=1S/C11H13F2N3O2S2/c1-4-16-8(17)6-7(20-10(14-6)19-3)15-9(16)11(12,13)5-18-2/h4-5H2,1-3H3. The molecule has 20 heavy (non-hydrogen) atoms. The molecule has 0 aliphatic rings. The van der Waals surface area contributed by atoms with Gasteiger partial charge < -0.3 is 4.74 Å². The highest BCUT2D eigenvalue weighted by Crippen LogP contribution is 2.30. The molecule has 110 valence electrons. The van der Waals surface area contributed by atoms with Crippen LogP contribution in [-0.2, 0) is 17.2 Å². The fourth-order valence-electron chi connectivity index (χ4n) is 1.79. The highest BCUT2D eigenvalue weighted by atomic mass is 32.2. The number of halogens is 2. The van der Waals surface area contributed by atoms with Crippen molar-refractivity contribution in [2.45, 2.75) is 23.7 Å². The maximum atomic E-state index is 14.0. The van der Waals surface area contributed by atoms with Gasteiger partial charge in [-0.15, -0.1) is 0 Å². The van der Waals surface area contributed by atoms with E-state index in [-0.39, 0.29) is 16.9 Å². The maximum absolute atomic E-state index is 14.0. The molecule has 0 spiro atoms. The van der Waals surface area contributed by atoms with Gasteiger partial charge in [-0.05, 0) is 13.2 Å². The number of fused-ring (bicyclic) bond motifs is 1. The van der Waals surface area contributed by atoms with Crippen LogP contribution in [0, 0.1) is 0 Å². The van der Waals surface area contributed by atoms with Gasteiger partial charge in [0.25, 0.3) is 5.56 Å².